The van der Waals surface area contributed by atoms with Crippen LogP contribution in [0, 0.1) is 16.7 Å². The van der Waals surface area contributed by atoms with Gasteiger partial charge in [-0.05, 0) is 70.6 Å². The smallest absolute Gasteiger partial charge is 0.233 e. The third-order valence-electron chi connectivity index (χ3n) is 7.05. The summed E-state index contributed by atoms with van der Waals surface area (Å²) in [5.74, 6) is -0.297. The molecule has 4 rings (SSSR count). The number of ether oxygens (including phenoxy) is 1. The summed E-state index contributed by atoms with van der Waals surface area (Å²) < 4.78 is 6.27. The van der Waals surface area contributed by atoms with Gasteiger partial charge in [0.25, 0.3) is 0 Å². The molecule has 0 radical (unpaired) electrons. The predicted molar refractivity (Wildman–Crippen MR) is 101 cm³/mol. The van der Waals surface area contributed by atoms with Crippen LogP contribution in [0.25, 0.3) is 0 Å². The number of nitrogens with zero attached hydrogens (tertiary/aromatic N) is 2. The highest BCUT2D eigenvalue weighted by atomic mass is 16.5. The second kappa shape index (κ2) is 7.82. The van der Waals surface area contributed by atoms with Gasteiger partial charge in [-0.1, -0.05) is 17.3 Å². The van der Waals surface area contributed by atoms with Gasteiger partial charge in [-0.15, -0.1) is 0 Å². The lowest BCUT2D eigenvalue weighted by molar-refractivity contribution is -0.143. The Morgan fingerprint density at radius 2 is 1.63 bits per heavy atom. The topological polar surface area (TPSA) is 76.0 Å². The molecular formula is C21H30N2O4. The molecule has 27 heavy (non-hydrogen) atoms. The van der Waals surface area contributed by atoms with Crippen molar-refractivity contribution in [3.63, 3.8) is 0 Å². The zero-order chi connectivity index (χ0) is 19.0. The van der Waals surface area contributed by atoms with Crippen LogP contribution in [0.2, 0.25) is 0 Å². The highest BCUT2D eigenvalue weighted by Crippen LogP contribution is 2.42. The van der Waals surface area contributed by atoms with Crippen molar-refractivity contribution in [2.75, 3.05) is 0 Å². The van der Waals surface area contributed by atoms with Gasteiger partial charge in [0.1, 0.15) is 0 Å². The number of fused-ring (bicyclic) bond motifs is 1. The molecule has 4 atom stereocenters. The van der Waals surface area contributed by atoms with Crippen LogP contribution in [0.5, 0.6) is 0 Å². The van der Waals surface area contributed by atoms with Gasteiger partial charge in [0.05, 0.1) is 30.1 Å². The van der Waals surface area contributed by atoms with E-state index in [1.807, 2.05) is 0 Å². The molecule has 1 aliphatic heterocycles. The normalized spacial score (nSPS) is 40.1. The third kappa shape index (κ3) is 3.73. The summed E-state index contributed by atoms with van der Waals surface area (Å²) >= 11 is 0. The average molecular weight is 374 g/mol. The number of rotatable bonds is 4. The molecule has 0 aromatic carbocycles. The number of hydrogen-bond donors (Lipinski definition) is 0. The van der Waals surface area contributed by atoms with Crippen molar-refractivity contribution in [3.8, 4) is 0 Å². The van der Waals surface area contributed by atoms with Crippen molar-refractivity contribution in [1.82, 2.24) is 4.90 Å². The van der Waals surface area contributed by atoms with Crippen LogP contribution in [0.3, 0.4) is 0 Å². The maximum Gasteiger partial charge on any atom is 0.233 e. The fraction of sp³-hybridized carbons (Fsp3) is 0.810. The van der Waals surface area contributed by atoms with Crippen LogP contribution < -0.4 is 0 Å². The molecule has 1 heterocycles. The Kier molecular flexibility index (Phi) is 5.44. The van der Waals surface area contributed by atoms with Gasteiger partial charge in [-0.2, -0.15) is 4.91 Å². The van der Waals surface area contributed by atoms with E-state index < -0.39 is 0 Å². The summed E-state index contributed by atoms with van der Waals surface area (Å²) in [6, 6.07) is -0.0456. The van der Waals surface area contributed by atoms with Crippen LogP contribution in [-0.4, -0.2) is 41.0 Å². The molecule has 4 aliphatic rings. The minimum absolute atomic E-state index is 0.0161. The van der Waals surface area contributed by atoms with Gasteiger partial charge >= 0.3 is 0 Å². The Hall–Kier alpha value is -1.56. The number of hydrogen-bond acceptors (Lipinski definition) is 5. The second-order valence-corrected chi connectivity index (χ2v) is 8.87. The molecule has 6 heteroatoms. The number of imide groups is 1. The van der Waals surface area contributed by atoms with E-state index in [2.05, 4.69) is 11.8 Å². The second-order valence-electron chi connectivity index (χ2n) is 8.87. The molecular weight excluding hydrogens is 344 g/mol. The van der Waals surface area contributed by atoms with Gasteiger partial charge in [-0.3, -0.25) is 14.5 Å². The van der Waals surface area contributed by atoms with E-state index >= 15 is 0 Å². The SMILES string of the molecule is C=C1CCCC(N2C(=O)C3CCC(OC4CCC(N=O)CC4)CC3C2=O)C1. The predicted octanol–water partition coefficient (Wildman–Crippen LogP) is 3.73. The summed E-state index contributed by atoms with van der Waals surface area (Å²) in [7, 11) is 0. The molecule has 0 aromatic heterocycles. The first-order chi connectivity index (χ1) is 13.1. The van der Waals surface area contributed by atoms with E-state index in [0.717, 1.165) is 69.8 Å². The van der Waals surface area contributed by atoms with Crippen LogP contribution in [0.15, 0.2) is 17.3 Å². The number of carbonyl (C=O) groups excluding carboxylic acids is 2. The van der Waals surface area contributed by atoms with Crippen molar-refractivity contribution in [3.05, 3.63) is 17.1 Å². The molecule has 3 aliphatic carbocycles. The van der Waals surface area contributed by atoms with Crippen molar-refractivity contribution in [1.29, 1.82) is 0 Å². The summed E-state index contributed by atoms with van der Waals surface area (Å²) in [6.45, 7) is 4.07. The maximum absolute atomic E-state index is 13.0. The van der Waals surface area contributed by atoms with Crippen LogP contribution in [-0.2, 0) is 14.3 Å². The van der Waals surface area contributed by atoms with Gasteiger partial charge in [0, 0.05) is 6.04 Å². The summed E-state index contributed by atoms with van der Waals surface area (Å²) in [5.41, 5.74) is 1.16. The molecule has 2 amide bonds. The number of nitroso groups, excluding NO2 is 1. The zero-order valence-corrected chi connectivity index (χ0v) is 16.0. The molecule has 3 saturated carbocycles. The van der Waals surface area contributed by atoms with E-state index in [1.165, 1.54) is 0 Å². The van der Waals surface area contributed by atoms with Gasteiger partial charge in [0.15, 0.2) is 0 Å². The maximum atomic E-state index is 13.0. The fourth-order valence-electron chi connectivity index (χ4n) is 5.55. The highest BCUT2D eigenvalue weighted by molar-refractivity contribution is 6.05. The standard InChI is InChI=1S/C21H30N2O4/c1-13-3-2-4-15(11-13)23-20(24)18-10-9-17(12-19(18)21(23)25)27-16-7-5-14(22-26)6-8-16/h14-19H,1-12H2. The van der Waals surface area contributed by atoms with Crippen LogP contribution in [0.1, 0.15) is 70.6 Å². The van der Waals surface area contributed by atoms with Gasteiger partial charge in [0.2, 0.25) is 11.8 Å². The highest BCUT2D eigenvalue weighted by Gasteiger charge is 2.52. The molecule has 1 saturated heterocycles. The first kappa shape index (κ1) is 18.8. The van der Waals surface area contributed by atoms with E-state index in [0.29, 0.717) is 6.42 Å². The molecule has 6 nitrogen and oxygen atoms in total. The Morgan fingerprint density at radius 1 is 0.926 bits per heavy atom. The Morgan fingerprint density at radius 3 is 2.33 bits per heavy atom. The molecule has 4 fully saturated rings. The van der Waals surface area contributed by atoms with Crippen molar-refractivity contribution >= 4 is 11.8 Å². The molecule has 0 aromatic rings. The van der Waals surface area contributed by atoms with Gasteiger partial charge in [-0.25, -0.2) is 0 Å². The number of likely N-dealkylation sites (tertiary alicyclic amines) is 1. The van der Waals surface area contributed by atoms with E-state index in [9.17, 15) is 14.5 Å². The molecule has 0 spiro atoms. The fourth-order valence-corrected chi connectivity index (χ4v) is 5.55. The van der Waals surface area contributed by atoms with E-state index in [1.54, 1.807) is 4.90 Å². The lowest BCUT2D eigenvalue weighted by Gasteiger charge is -2.33. The monoisotopic (exact) mass is 374 g/mol. The van der Waals surface area contributed by atoms with Crippen molar-refractivity contribution in [2.24, 2.45) is 17.0 Å². The Balaban J connectivity index is 1.36. The minimum atomic E-state index is -0.209. The Bertz CT molecular complexity index is 626. The molecule has 0 bridgehead atoms. The van der Waals surface area contributed by atoms with E-state index in [4.69, 9.17) is 4.74 Å². The third-order valence-corrected chi connectivity index (χ3v) is 7.05. The minimum Gasteiger partial charge on any atom is -0.375 e. The largest absolute Gasteiger partial charge is 0.375 e. The summed E-state index contributed by atoms with van der Waals surface area (Å²) in [4.78, 5) is 38.2. The lowest BCUT2D eigenvalue weighted by Crippen LogP contribution is -2.42. The first-order valence-electron chi connectivity index (χ1n) is 10.6. The van der Waals surface area contributed by atoms with Crippen molar-refractivity contribution in [2.45, 2.75) is 94.9 Å². The van der Waals surface area contributed by atoms with Gasteiger partial charge < -0.3 is 4.74 Å². The lowest BCUT2D eigenvalue weighted by atomic mass is 9.79. The summed E-state index contributed by atoms with van der Waals surface area (Å²) in [5, 5.41) is 3.15. The zero-order valence-electron chi connectivity index (χ0n) is 16.0. The number of carbonyl (C=O) groups is 2. The van der Waals surface area contributed by atoms with Crippen LogP contribution >= 0.6 is 0 Å². The molecule has 0 N–H and O–H groups in total. The quantitative estimate of drug-likeness (QED) is 0.427. The van der Waals surface area contributed by atoms with E-state index in [-0.39, 0.29) is 47.9 Å². The average Bonchev–Trinajstić information content (AvgIpc) is 2.92. The molecule has 148 valence electrons. The number of amides is 2. The first-order valence-corrected chi connectivity index (χ1v) is 10.6. The Labute approximate surface area is 160 Å². The van der Waals surface area contributed by atoms with Crippen LogP contribution in [0.4, 0.5) is 0 Å². The molecule has 4 unspecified atom stereocenters. The van der Waals surface area contributed by atoms with Crippen molar-refractivity contribution < 1.29 is 14.3 Å². The summed E-state index contributed by atoms with van der Waals surface area (Å²) in [6.07, 6.45) is 9.48.